The van der Waals surface area contributed by atoms with Crippen LogP contribution < -0.4 is 10.6 Å². The van der Waals surface area contributed by atoms with Crippen LogP contribution in [0.2, 0.25) is 0 Å². The molecule has 2 aromatic rings. The number of carbonyl (C=O) groups is 1. The summed E-state index contributed by atoms with van der Waals surface area (Å²) in [6.07, 6.45) is 0.329. The van der Waals surface area contributed by atoms with Crippen molar-refractivity contribution >= 4 is 23.5 Å². The number of nitro benzene ring substituents is 1. The predicted molar refractivity (Wildman–Crippen MR) is 99.3 cm³/mol. The number of amides is 1. The SMILES string of the molecule is CCC(=O)Nc1nc(C)nc(NC(C)COCc2cccc([N+](=O)[O-])c2)n1. The molecule has 144 valence electrons. The Morgan fingerprint density at radius 1 is 1.30 bits per heavy atom. The van der Waals surface area contributed by atoms with Crippen molar-refractivity contribution in [1.82, 2.24) is 15.0 Å². The van der Waals surface area contributed by atoms with Crippen LogP contribution in [-0.2, 0) is 16.1 Å². The number of hydrogen-bond donors (Lipinski definition) is 2. The minimum atomic E-state index is -0.439. The third-order valence-electron chi connectivity index (χ3n) is 3.45. The molecule has 0 radical (unpaired) electrons. The van der Waals surface area contributed by atoms with Crippen molar-refractivity contribution in [2.45, 2.75) is 39.8 Å². The summed E-state index contributed by atoms with van der Waals surface area (Å²) in [5, 5.41) is 16.5. The van der Waals surface area contributed by atoms with E-state index in [9.17, 15) is 14.9 Å². The zero-order valence-electron chi connectivity index (χ0n) is 15.4. The average molecular weight is 374 g/mol. The van der Waals surface area contributed by atoms with Gasteiger partial charge in [0.25, 0.3) is 5.69 Å². The highest BCUT2D eigenvalue weighted by Crippen LogP contribution is 2.14. The second-order valence-electron chi connectivity index (χ2n) is 5.92. The molecule has 0 aliphatic heterocycles. The van der Waals surface area contributed by atoms with Crippen LogP contribution in [0.25, 0.3) is 0 Å². The number of non-ortho nitro benzene ring substituents is 1. The molecule has 0 spiro atoms. The van der Waals surface area contributed by atoms with Gasteiger partial charge >= 0.3 is 0 Å². The Balaban J connectivity index is 1.88. The average Bonchev–Trinajstić information content (AvgIpc) is 2.61. The molecule has 0 fully saturated rings. The van der Waals surface area contributed by atoms with E-state index in [-0.39, 0.29) is 30.2 Å². The lowest BCUT2D eigenvalue weighted by Crippen LogP contribution is -2.24. The molecule has 0 saturated carbocycles. The largest absolute Gasteiger partial charge is 0.375 e. The predicted octanol–water partition coefficient (Wildman–Crippen LogP) is 2.45. The summed E-state index contributed by atoms with van der Waals surface area (Å²) < 4.78 is 5.60. The third-order valence-corrected chi connectivity index (χ3v) is 3.45. The molecule has 1 aromatic heterocycles. The number of nitrogens with zero attached hydrogens (tertiary/aromatic N) is 4. The number of ether oxygens (including phenoxy) is 1. The smallest absolute Gasteiger partial charge is 0.269 e. The molecular weight excluding hydrogens is 352 g/mol. The topological polar surface area (TPSA) is 132 Å². The summed E-state index contributed by atoms with van der Waals surface area (Å²) in [5.41, 5.74) is 0.751. The summed E-state index contributed by atoms with van der Waals surface area (Å²) in [4.78, 5) is 34.2. The molecular formula is C17H22N6O4. The number of aromatic nitrogens is 3. The van der Waals surface area contributed by atoms with Crippen LogP contribution in [0.1, 0.15) is 31.7 Å². The molecule has 1 heterocycles. The zero-order chi connectivity index (χ0) is 19.8. The van der Waals surface area contributed by atoms with Gasteiger partial charge in [0, 0.05) is 24.6 Å². The summed E-state index contributed by atoms with van der Waals surface area (Å²) in [7, 11) is 0. The molecule has 0 aliphatic rings. The maximum atomic E-state index is 11.5. The Bertz CT molecular complexity index is 814. The van der Waals surface area contributed by atoms with Gasteiger partial charge in [-0.05, 0) is 19.4 Å². The first-order valence-corrected chi connectivity index (χ1v) is 8.47. The van der Waals surface area contributed by atoms with E-state index < -0.39 is 4.92 Å². The van der Waals surface area contributed by atoms with Gasteiger partial charge in [-0.2, -0.15) is 15.0 Å². The number of rotatable bonds is 9. The molecule has 10 nitrogen and oxygen atoms in total. The quantitative estimate of drug-likeness (QED) is 0.505. The van der Waals surface area contributed by atoms with Gasteiger partial charge in [0.15, 0.2) is 0 Å². The Morgan fingerprint density at radius 2 is 2.04 bits per heavy atom. The van der Waals surface area contributed by atoms with Crippen LogP contribution >= 0.6 is 0 Å². The van der Waals surface area contributed by atoms with Crippen LogP contribution in [0.5, 0.6) is 0 Å². The zero-order valence-corrected chi connectivity index (χ0v) is 15.4. The van der Waals surface area contributed by atoms with E-state index in [0.29, 0.717) is 24.8 Å². The van der Waals surface area contributed by atoms with Gasteiger partial charge in [-0.3, -0.25) is 20.2 Å². The van der Waals surface area contributed by atoms with Gasteiger partial charge in [-0.15, -0.1) is 0 Å². The van der Waals surface area contributed by atoms with Crippen molar-refractivity contribution in [2.24, 2.45) is 0 Å². The normalized spacial score (nSPS) is 11.7. The minimum Gasteiger partial charge on any atom is -0.375 e. The summed E-state index contributed by atoms with van der Waals surface area (Å²) >= 11 is 0. The fourth-order valence-corrected chi connectivity index (χ4v) is 2.19. The molecule has 1 amide bonds. The summed E-state index contributed by atoms with van der Waals surface area (Å²) in [6.45, 7) is 5.92. The van der Waals surface area contributed by atoms with Gasteiger partial charge in [0.05, 0.1) is 18.1 Å². The van der Waals surface area contributed by atoms with Crippen molar-refractivity contribution in [3.63, 3.8) is 0 Å². The highest BCUT2D eigenvalue weighted by molar-refractivity contribution is 5.88. The van der Waals surface area contributed by atoms with Gasteiger partial charge in [0.2, 0.25) is 17.8 Å². The molecule has 0 saturated heterocycles. The Hall–Kier alpha value is -3.14. The lowest BCUT2D eigenvalue weighted by atomic mass is 10.2. The molecule has 2 rings (SSSR count). The molecule has 0 bridgehead atoms. The van der Waals surface area contributed by atoms with Crippen LogP contribution in [0.3, 0.4) is 0 Å². The molecule has 0 aliphatic carbocycles. The highest BCUT2D eigenvalue weighted by Gasteiger charge is 2.10. The van der Waals surface area contributed by atoms with E-state index in [1.54, 1.807) is 26.0 Å². The van der Waals surface area contributed by atoms with E-state index in [0.717, 1.165) is 5.56 Å². The van der Waals surface area contributed by atoms with Crippen molar-refractivity contribution < 1.29 is 14.5 Å². The van der Waals surface area contributed by atoms with Crippen molar-refractivity contribution in [1.29, 1.82) is 0 Å². The van der Waals surface area contributed by atoms with Gasteiger partial charge in [-0.25, -0.2) is 0 Å². The standard InChI is InChI=1S/C17H22N6O4/c1-4-15(24)21-17-20-12(3)19-16(22-17)18-11(2)9-27-10-13-6-5-7-14(8-13)23(25)26/h5-8,11H,4,9-10H2,1-3H3,(H2,18,19,20,21,22,24). The van der Waals surface area contributed by atoms with Crippen LogP contribution in [-0.4, -0.2) is 38.4 Å². The molecule has 1 aromatic carbocycles. The first kappa shape index (κ1) is 20.2. The maximum absolute atomic E-state index is 11.5. The molecule has 27 heavy (non-hydrogen) atoms. The Morgan fingerprint density at radius 3 is 2.74 bits per heavy atom. The molecule has 2 N–H and O–H groups in total. The van der Waals surface area contributed by atoms with Gasteiger partial charge in [0.1, 0.15) is 5.82 Å². The van der Waals surface area contributed by atoms with Crippen LogP contribution in [0.15, 0.2) is 24.3 Å². The number of anilines is 2. The monoisotopic (exact) mass is 374 g/mol. The summed E-state index contributed by atoms with van der Waals surface area (Å²) in [5.74, 6) is 0.824. The number of benzene rings is 1. The lowest BCUT2D eigenvalue weighted by Gasteiger charge is -2.15. The van der Waals surface area contributed by atoms with Crippen molar-refractivity contribution in [3.05, 3.63) is 45.8 Å². The number of nitro groups is 1. The fourth-order valence-electron chi connectivity index (χ4n) is 2.19. The van der Waals surface area contributed by atoms with E-state index in [2.05, 4.69) is 25.6 Å². The second-order valence-corrected chi connectivity index (χ2v) is 5.92. The molecule has 10 heteroatoms. The third kappa shape index (κ3) is 6.59. The number of hydrogen-bond acceptors (Lipinski definition) is 8. The lowest BCUT2D eigenvalue weighted by molar-refractivity contribution is -0.384. The van der Waals surface area contributed by atoms with Crippen molar-refractivity contribution in [3.8, 4) is 0 Å². The first-order chi connectivity index (χ1) is 12.9. The van der Waals surface area contributed by atoms with E-state index >= 15 is 0 Å². The van der Waals surface area contributed by atoms with Crippen LogP contribution in [0.4, 0.5) is 17.6 Å². The molecule has 1 atom stereocenters. The fraction of sp³-hybridized carbons (Fsp3) is 0.412. The Labute approximate surface area is 156 Å². The van der Waals surface area contributed by atoms with E-state index in [1.807, 2.05) is 6.92 Å². The number of carbonyl (C=O) groups excluding carboxylic acids is 1. The van der Waals surface area contributed by atoms with Gasteiger partial charge in [-0.1, -0.05) is 19.1 Å². The van der Waals surface area contributed by atoms with Crippen LogP contribution in [0, 0.1) is 17.0 Å². The van der Waals surface area contributed by atoms with Crippen molar-refractivity contribution in [2.75, 3.05) is 17.2 Å². The Kier molecular flexibility index (Phi) is 7.12. The number of nitrogens with one attached hydrogen (secondary N) is 2. The number of aryl methyl sites for hydroxylation is 1. The van der Waals surface area contributed by atoms with E-state index in [4.69, 9.17) is 4.74 Å². The summed E-state index contributed by atoms with van der Waals surface area (Å²) in [6, 6.07) is 6.18. The minimum absolute atomic E-state index is 0.0320. The first-order valence-electron chi connectivity index (χ1n) is 8.47. The highest BCUT2D eigenvalue weighted by atomic mass is 16.6. The second kappa shape index (κ2) is 9.53. The van der Waals surface area contributed by atoms with E-state index in [1.165, 1.54) is 12.1 Å². The molecule has 1 unspecified atom stereocenters. The maximum Gasteiger partial charge on any atom is 0.269 e. The van der Waals surface area contributed by atoms with Gasteiger partial charge < -0.3 is 10.1 Å².